The Labute approximate surface area is 96.3 Å². The molecule has 0 unspecified atom stereocenters. The molecule has 16 heavy (non-hydrogen) atoms. The number of carbonyl (C=O) groups excluding carboxylic acids is 1. The van der Waals surface area contributed by atoms with E-state index in [0.717, 1.165) is 0 Å². The fourth-order valence-electron chi connectivity index (χ4n) is 1.33. The van der Waals surface area contributed by atoms with Crippen LogP contribution < -0.4 is 5.73 Å². The molecule has 0 aromatic carbocycles. The summed E-state index contributed by atoms with van der Waals surface area (Å²) in [5.41, 5.74) is 6.25. The summed E-state index contributed by atoms with van der Waals surface area (Å²) in [5, 5.41) is 0.707. The molecule has 84 valence electrons. The Kier molecular flexibility index (Phi) is 2.74. The summed E-state index contributed by atoms with van der Waals surface area (Å²) >= 11 is 1.24. The van der Waals surface area contributed by atoms with Crippen molar-refractivity contribution in [3.8, 4) is 0 Å². The molecule has 0 saturated carbocycles. The lowest BCUT2D eigenvalue weighted by atomic mass is 10.3. The summed E-state index contributed by atoms with van der Waals surface area (Å²) in [4.78, 5) is 21.0. The topological polar surface area (TPSA) is 78.1 Å². The van der Waals surface area contributed by atoms with E-state index in [1.807, 2.05) is 0 Å². The van der Waals surface area contributed by atoms with Gasteiger partial charge in [-0.25, -0.2) is 14.8 Å². The van der Waals surface area contributed by atoms with Crippen molar-refractivity contribution in [1.82, 2.24) is 9.97 Å². The number of anilines is 1. The minimum Gasteiger partial charge on any atom is -0.462 e. The van der Waals surface area contributed by atoms with E-state index in [1.54, 1.807) is 20.0 Å². The number of esters is 1. The molecule has 0 aliphatic heterocycles. The number of nitrogens with zero attached hydrogens (tertiary/aromatic N) is 2. The quantitative estimate of drug-likeness (QED) is 0.805. The number of carbonyl (C=O) groups is 1. The predicted molar refractivity (Wildman–Crippen MR) is 62.5 cm³/mol. The second kappa shape index (κ2) is 4.05. The summed E-state index contributed by atoms with van der Waals surface area (Å²) in [6.45, 7) is 3.88. The average Bonchev–Trinajstić information content (AvgIpc) is 2.56. The van der Waals surface area contributed by atoms with Crippen molar-refractivity contribution in [2.45, 2.75) is 13.8 Å². The summed E-state index contributed by atoms with van der Waals surface area (Å²) in [7, 11) is 0. The molecule has 2 heterocycles. The van der Waals surface area contributed by atoms with Crippen LogP contribution in [0.2, 0.25) is 0 Å². The number of hydrogen-bond donors (Lipinski definition) is 1. The van der Waals surface area contributed by atoms with Gasteiger partial charge in [0.2, 0.25) is 0 Å². The molecule has 5 nitrogen and oxygen atoms in total. The monoisotopic (exact) mass is 237 g/mol. The standard InChI is InChI=1S/C10H11N3O2S/c1-3-15-10(14)8-7(11)6-4-12-5(2)13-9(6)16-8/h4H,3,11H2,1-2H3. The van der Waals surface area contributed by atoms with Crippen LogP contribution in [0.3, 0.4) is 0 Å². The van der Waals surface area contributed by atoms with Crippen molar-refractivity contribution < 1.29 is 9.53 Å². The zero-order valence-electron chi connectivity index (χ0n) is 8.98. The maximum atomic E-state index is 11.6. The van der Waals surface area contributed by atoms with E-state index in [4.69, 9.17) is 10.5 Å². The number of aryl methyl sites for hydroxylation is 1. The number of thiophene rings is 1. The molecule has 0 spiro atoms. The first-order valence-electron chi connectivity index (χ1n) is 4.82. The Hall–Kier alpha value is -1.69. The lowest BCUT2D eigenvalue weighted by Gasteiger charge is -1.98. The zero-order valence-corrected chi connectivity index (χ0v) is 9.80. The molecule has 2 aromatic heterocycles. The highest BCUT2D eigenvalue weighted by atomic mass is 32.1. The molecular weight excluding hydrogens is 226 g/mol. The van der Waals surface area contributed by atoms with Crippen molar-refractivity contribution in [3.63, 3.8) is 0 Å². The summed E-state index contributed by atoms with van der Waals surface area (Å²) in [6, 6.07) is 0. The Bertz CT molecular complexity index is 550. The predicted octanol–water partition coefficient (Wildman–Crippen LogP) is 1.76. The zero-order chi connectivity index (χ0) is 11.7. The number of nitrogens with two attached hydrogens (primary N) is 1. The molecular formula is C10H11N3O2S. The number of nitrogen functional groups attached to an aromatic ring is 1. The molecule has 0 fully saturated rings. The van der Waals surface area contributed by atoms with Crippen LogP contribution in [0.15, 0.2) is 6.20 Å². The van der Waals surface area contributed by atoms with Crippen LogP contribution >= 0.6 is 11.3 Å². The molecule has 2 rings (SSSR count). The fraction of sp³-hybridized carbons (Fsp3) is 0.300. The second-order valence-electron chi connectivity index (χ2n) is 3.20. The van der Waals surface area contributed by atoms with Crippen LogP contribution in [0.25, 0.3) is 10.2 Å². The minimum absolute atomic E-state index is 0.331. The van der Waals surface area contributed by atoms with Crippen LogP contribution in [-0.4, -0.2) is 22.5 Å². The van der Waals surface area contributed by atoms with Gasteiger partial charge < -0.3 is 10.5 Å². The van der Waals surface area contributed by atoms with Gasteiger partial charge in [-0.05, 0) is 13.8 Å². The highest BCUT2D eigenvalue weighted by molar-refractivity contribution is 7.21. The third-order valence-corrected chi connectivity index (χ3v) is 3.16. The molecule has 2 N–H and O–H groups in total. The van der Waals surface area contributed by atoms with E-state index in [1.165, 1.54) is 11.3 Å². The molecule has 0 bridgehead atoms. The molecule has 2 aromatic rings. The van der Waals surface area contributed by atoms with Crippen molar-refractivity contribution in [2.24, 2.45) is 0 Å². The lowest BCUT2D eigenvalue weighted by molar-refractivity contribution is 0.0533. The van der Waals surface area contributed by atoms with Gasteiger partial charge in [-0.1, -0.05) is 0 Å². The van der Waals surface area contributed by atoms with Crippen LogP contribution in [0, 0.1) is 6.92 Å². The van der Waals surface area contributed by atoms with E-state index >= 15 is 0 Å². The molecule has 0 aliphatic rings. The first-order valence-corrected chi connectivity index (χ1v) is 5.64. The summed E-state index contributed by atoms with van der Waals surface area (Å²) in [6.07, 6.45) is 1.63. The number of rotatable bonds is 2. The molecule has 0 aliphatic carbocycles. The van der Waals surface area contributed by atoms with Gasteiger partial charge in [0.05, 0.1) is 17.7 Å². The SMILES string of the molecule is CCOC(=O)c1sc2nc(C)ncc2c1N. The van der Waals surface area contributed by atoms with Gasteiger partial charge in [0.1, 0.15) is 15.5 Å². The van der Waals surface area contributed by atoms with Crippen molar-refractivity contribution >= 4 is 33.2 Å². The fourth-order valence-corrected chi connectivity index (χ4v) is 2.34. The third-order valence-electron chi connectivity index (χ3n) is 2.07. The first kappa shape index (κ1) is 10.8. The molecule has 0 amide bonds. The van der Waals surface area contributed by atoms with E-state index in [9.17, 15) is 4.79 Å². The van der Waals surface area contributed by atoms with Gasteiger partial charge in [0.15, 0.2) is 0 Å². The third kappa shape index (κ3) is 1.71. The van der Waals surface area contributed by atoms with Crippen LogP contribution in [-0.2, 0) is 4.74 Å². The number of hydrogen-bond acceptors (Lipinski definition) is 6. The Morgan fingerprint density at radius 2 is 2.38 bits per heavy atom. The van der Waals surface area contributed by atoms with Crippen molar-refractivity contribution in [1.29, 1.82) is 0 Å². The largest absolute Gasteiger partial charge is 0.462 e. The van der Waals surface area contributed by atoms with E-state index in [2.05, 4.69) is 9.97 Å². The smallest absolute Gasteiger partial charge is 0.350 e. The summed E-state index contributed by atoms with van der Waals surface area (Å²) in [5.74, 6) is 0.254. The van der Waals surface area contributed by atoms with Crippen LogP contribution in [0.5, 0.6) is 0 Å². The van der Waals surface area contributed by atoms with Crippen molar-refractivity contribution in [3.05, 3.63) is 16.9 Å². The highest BCUT2D eigenvalue weighted by Crippen LogP contribution is 2.32. The summed E-state index contributed by atoms with van der Waals surface area (Å²) < 4.78 is 4.91. The lowest BCUT2D eigenvalue weighted by Crippen LogP contribution is -2.04. The number of aromatic nitrogens is 2. The van der Waals surface area contributed by atoms with Gasteiger partial charge in [-0.3, -0.25) is 0 Å². The Balaban J connectivity index is 2.55. The van der Waals surface area contributed by atoms with E-state index in [-0.39, 0.29) is 0 Å². The molecule has 0 radical (unpaired) electrons. The molecule has 0 atom stereocenters. The molecule has 6 heteroatoms. The van der Waals surface area contributed by atoms with Crippen LogP contribution in [0.4, 0.5) is 5.69 Å². The van der Waals surface area contributed by atoms with Gasteiger partial charge in [-0.2, -0.15) is 0 Å². The van der Waals surface area contributed by atoms with Crippen LogP contribution in [0.1, 0.15) is 22.4 Å². The normalized spacial score (nSPS) is 10.6. The second-order valence-corrected chi connectivity index (χ2v) is 4.20. The maximum Gasteiger partial charge on any atom is 0.350 e. The minimum atomic E-state index is -0.402. The van der Waals surface area contributed by atoms with Gasteiger partial charge in [0, 0.05) is 6.20 Å². The number of fused-ring (bicyclic) bond motifs is 1. The van der Waals surface area contributed by atoms with Crippen molar-refractivity contribution in [2.75, 3.05) is 12.3 Å². The van der Waals surface area contributed by atoms with E-state index < -0.39 is 5.97 Å². The van der Waals surface area contributed by atoms with Gasteiger partial charge >= 0.3 is 5.97 Å². The average molecular weight is 237 g/mol. The van der Waals surface area contributed by atoms with Gasteiger partial charge in [0.25, 0.3) is 0 Å². The Morgan fingerprint density at radius 3 is 3.06 bits per heavy atom. The highest BCUT2D eigenvalue weighted by Gasteiger charge is 2.18. The van der Waals surface area contributed by atoms with E-state index in [0.29, 0.717) is 33.2 Å². The number of ether oxygens (including phenoxy) is 1. The maximum absolute atomic E-state index is 11.6. The molecule has 0 saturated heterocycles. The first-order chi connectivity index (χ1) is 7.63. The Morgan fingerprint density at radius 1 is 1.62 bits per heavy atom. The van der Waals surface area contributed by atoms with Gasteiger partial charge in [-0.15, -0.1) is 11.3 Å².